The van der Waals surface area contributed by atoms with Crippen LogP contribution in [-0.2, 0) is 0 Å². The lowest BCUT2D eigenvalue weighted by molar-refractivity contribution is 0.0635. The molecule has 0 aromatic carbocycles. The van der Waals surface area contributed by atoms with Crippen LogP contribution in [0.25, 0.3) is 0 Å². The molecule has 5 heteroatoms. The Morgan fingerprint density at radius 3 is 2.85 bits per heavy atom. The first-order chi connectivity index (χ1) is 9.51. The van der Waals surface area contributed by atoms with Crippen molar-refractivity contribution in [3.8, 4) is 0 Å². The minimum Gasteiger partial charge on any atom is -0.373 e. The van der Waals surface area contributed by atoms with Gasteiger partial charge in [0.15, 0.2) is 0 Å². The number of nitrogens with one attached hydrogen (secondary N) is 1. The third-order valence-electron chi connectivity index (χ3n) is 3.87. The molecular weight excluding hydrogens is 252 g/mol. The van der Waals surface area contributed by atoms with Crippen LogP contribution in [0, 0.1) is 6.92 Å². The van der Waals surface area contributed by atoms with E-state index in [1.807, 2.05) is 31.0 Å². The van der Waals surface area contributed by atoms with E-state index in [9.17, 15) is 4.79 Å². The largest absolute Gasteiger partial charge is 0.373 e. The third kappa shape index (κ3) is 3.28. The van der Waals surface area contributed by atoms with Crippen molar-refractivity contribution in [2.45, 2.75) is 25.8 Å². The first-order valence-corrected chi connectivity index (χ1v) is 7.13. The van der Waals surface area contributed by atoms with Crippen LogP contribution in [-0.4, -0.2) is 61.0 Å². The van der Waals surface area contributed by atoms with E-state index in [-0.39, 0.29) is 5.91 Å². The molecule has 20 heavy (non-hydrogen) atoms. The summed E-state index contributed by atoms with van der Waals surface area (Å²) in [5, 5.41) is 3.00. The summed E-state index contributed by atoms with van der Waals surface area (Å²) in [6.45, 7) is 3.57. The van der Waals surface area contributed by atoms with E-state index in [1.165, 1.54) is 0 Å². The van der Waals surface area contributed by atoms with Crippen molar-refractivity contribution in [1.82, 2.24) is 14.8 Å². The summed E-state index contributed by atoms with van der Waals surface area (Å²) >= 11 is 0. The highest BCUT2D eigenvalue weighted by molar-refractivity contribution is 5.95. The molecular formula is C15H24N4O. The van der Waals surface area contributed by atoms with E-state index < -0.39 is 0 Å². The van der Waals surface area contributed by atoms with E-state index in [1.54, 1.807) is 0 Å². The highest BCUT2D eigenvalue weighted by Gasteiger charge is 2.25. The van der Waals surface area contributed by atoms with Gasteiger partial charge in [-0.3, -0.25) is 4.79 Å². The molecule has 1 unspecified atom stereocenters. The zero-order chi connectivity index (χ0) is 14.7. The molecule has 1 atom stereocenters. The molecule has 2 heterocycles. The van der Waals surface area contributed by atoms with E-state index in [0.29, 0.717) is 6.04 Å². The van der Waals surface area contributed by atoms with Crippen LogP contribution < -0.4 is 5.32 Å². The molecule has 0 saturated carbocycles. The SMILES string of the molecule is CNc1cc(C(=O)N2CCCC(N(C)C)C2)cc(C)n1. The highest BCUT2D eigenvalue weighted by Crippen LogP contribution is 2.18. The number of hydrogen-bond acceptors (Lipinski definition) is 4. The van der Waals surface area contributed by atoms with Gasteiger partial charge >= 0.3 is 0 Å². The van der Waals surface area contributed by atoms with Gasteiger partial charge in [-0.05, 0) is 46.0 Å². The number of carbonyl (C=O) groups excluding carboxylic acids is 1. The zero-order valence-electron chi connectivity index (χ0n) is 12.8. The predicted octanol–water partition coefficient (Wildman–Crippen LogP) is 1.60. The fourth-order valence-electron chi connectivity index (χ4n) is 2.66. The first kappa shape index (κ1) is 14.8. The van der Waals surface area contributed by atoms with Crippen LogP contribution in [0.4, 0.5) is 5.82 Å². The minimum atomic E-state index is 0.110. The lowest BCUT2D eigenvalue weighted by atomic mass is 10.0. The Labute approximate surface area is 121 Å². The van der Waals surface area contributed by atoms with Crippen LogP contribution in [0.1, 0.15) is 28.9 Å². The molecule has 5 nitrogen and oxygen atoms in total. The lowest BCUT2D eigenvalue weighted by Gasteiger charge is -2.36. The molecule has 0 radical (unpaired) electrons. The number of pyridine rings is 1. The maximum absolute atomic E-state index is 12.6. The average Bonchev–Trinajstić information content (AvgIpc) is 2.45. The highest BCUT2D eigenvalue weighted by atomic mass is 16.2. The molecule has 1 aromatic rings. The summed E-state index contributed by atoms with van der Waals surface area (Å²) in [5.74, 6) is 0.855. The molecule has 0 aliphatic carbocycles. The molecule has 1 aliphatic rings. The summed E-state index contributed by atoms with van der Waals surface area (Å²) < 4.78 is 0. The van der Waals surface area contributed by atoms with Gasteiger partial charge in [0, 0.05) is 37.4 Å². The van der Waals surface area contributed by atoms with E-state index in [4.69, 9.17) is 0 Å². The van der Waals surface area contributed by atoms with Crippen molar-refractivity contribution in [1.29, 1.82) is 0 Å². The molecule has 1 aliphatic heterocycles. The summed E-state index contributed by atoms with van der Waals surface area (Å²) in [7, 11) is 5.97. The van der Waals surface area contributed by atoms with Crippen molar-refractivity contribution >= 4 is 11.7 Å². The van der Waals surface area contributed by atoms with E-state index >= 15 is 0 Å². The van der Waals surface area contributed by atoms with Crippen LogP contribution in [0.2, 0.25) is 0 Å². The number of amides is 1. The number of piperidine rings is 1. The third-order valence-corrected chi connectivity index (χ3v) is 3.87. The van der Waals surface area contributed by atoms with Gasteiger partial charge in [0.1, 0.15) is 5.82 Å². The molecule has 110 valence electrons. The number of aryl methyl sites for hydroxylation is 1. The standard InChI is InChI=1S/C15H24N4O/c1-11-8-12(9-14(16-2)17-11)15(20)19-7-5-6-13(10-19)18(3)4/h8-9,13H,5-7,10H2,1-4H3,(H,16,17). The number of hydrogen-bond donors (Lipinski definition) is 1. The van der Waals surface area contributed by atoms with Gasteiger partial charge in [0.2, 0.25) is 0 Å². The predicted molar refractivity (Wildman–Crippen MR) is 81.1 cm³/mol. The van der Waals surface area contributed by atoms with Crippen molar-refractivity contribution in [2.75, 3.05) is 39.5 Å². The Hall–Kier alpha value is -1.62. The number of likely N-dealkylation sites (tertiary alicyclic amines) is 1. The maximum atomic E-state index is 12.6. The molecule has 0 spiro atoms. The second-order valence-electron chi connectivity index (χ2n) is 5.64. The lowest BCUT2D eigenvalue weighted by Crippen LogP contribution is -2.47. The fraction of sp³-hybridized carbons (Fsp3) is 0.600. The van der Waals surface area contributed by atoms with Crippen molar-refractivity contribution < 1.29 is 4.79 Å². The van der Waals surface area contributed by atoms with Gasteiger partial charge in [-0.25, -0.2) is 4.98 Å². The monoisotopic (exact) mass is 276 g/mol. The average molecular weight is 276 g/mol. The van der Waals surface area contributed by atoms with Gasteiger partial charge < -0.3 is 15.1 Å². The van der Waals surface area contributed by atoms with Crippen molar-refractivity contribution in [2.24, 2.45) is 0 Å². The van der Waals surface area contributed by atoms with E-state index in [2.05, 4.69) is 29.3 Å². The Bertz CT molecular complexity index is 487. The molecule has 1 saturated heterocycles. The summed E-state index contributed by atoms with van der Waals surface area (Å²) in [4.78, 5) is 21.1. The van der Waals surface area contributed by atoms with Gasteiger partial charge in [0.25, 0.3) is 5.91 Å². The summed E-state index contributed by atoms with van der Waals surface area (Å²) in [6, 6.07) is 4.15. The molecule has 1 amide bonds. The Morgan fingerprint density at radius 2 is 2.20 bits per heavy atom. The van der Waals surface area contributed by atoms with Crippen LogP contribution >= 0.6 is 0 Å². The Morgan fingerprint density at radius 1 is 1.45 bits per heavy atom. The second-order valence-corrected chi connectivity index (χ2v) is 5.64. The number of rotatable bonds is 3. The summed E-state index contributed by atoms with van der Waals surface area (Å²) in [6.07, 6.45) is 2.23. The van der Waals surface area contributed by atoms with Crippen LogP contribution in [0.5, 0.6) is 0 Å². The quantitative estimate of drug-likeness (QED) is 0.911. The maximum Gasteiger partial charge on any atom is 0.254 e. The molecule has 1 fully saturated rings. The van der Waals surface area contributed by atoms with Crippen molar-refractivity contribution in [3.05, 3.63) is 23.4 Å². The van der Waals surface area contributed by atoms with Crippen LogP contribution in [0.3, 0.4) is 0 Å². The Kier molecular flexibility index (Phi) is 4.60. The number of carbonyl (C=O) groups is 1. The van der Waals surface area contributed by atoms with Gasteiger partial charge in [-0.1, -0.05) is 0 Å². The number of likely N-dealkylation sites (N-methyl/N-ethyl adjacent to an activating group) is 1. The normalized spacial score (nSPS) is 19.2. The van der Waals surface area contributed by atoms with Crippen molar-refractivity contribution in [3.63, 3.8) is 0 Å². The van der Waals surface area contributed by atoms with Gasteiger partial charge in [0.05, 0.1) is 0 Å². The smallest absolute Gasteiger partial charge is 0.254 e. The molecule has 1 aromatic heterocycles. The minimum absolute atomic E-state index is 0.110. The summed E-state index contributed by atoms with van der Waals surface area (Å²) in [5.41, 5.74) is 1.59. The fourth-order valence-corrected chi connectivity index (χ4v) is 2.66. The van der Waals surface area contributed by atoms with Gasteiger partial charge in [-0.2, -0.15) is 0 Å². The van der Waals surface area contributed by atoms with Crippen LogP contribution in [0.15, 0.2) is 12.1 Å². The topological polar surface area (TPSA) is 48.5 Å². The second kappa shape index (κ2) is 6.22. The zero-order valence-corrected chi connectivity index (χ0v) is 12.8. The molecule has 2 rings (SSSR count). The number of anilines is 1. The van der Waals surface area contributed by atoms with E-state index in [0.717, 1.165) is 43.0 Å². The number of nitrogens with zero attached hydrogens (tertiary/aromatic N) is 3. The molecule has 0 bridgehead atoms. The number of aromatic nitrogens is 1. The first-order valence-electron chi connectivity index (χ1n) is 7.13. The van der Waals surface area contributed by atoms with Gasteiger partial charge in [-0.15, -0.1) is 0 Å². The Balaban J connectivity index is 2.16. The molecule has 1 N–H and O–H groups in total.